The van der Waals surface area contributed by atoms with Gasteiger partial charge in [0.1, 0.15) is 0 Å². The van der Waals surface area contributed by atoms with Crippen LogP contribution in [0.25, 0.3) is 0 Å². The number of carbonyl (C=O) groups is 1. The molecule has 0 aromatic heterocycles. The molecule has 0 aliphatic heterocycles. The first kappa shape index (κ1) is 17.0. The van der Waals surface area contributed by atoms with E-state index >= 15 is 0 Å². The maximum absolute atomic E-state index is 10.6. The average molecular weight is 271 g/mol. The largest absolute Gasteiger partial charge is 0.350 e. The minimum Gasteiger partial charge on any atom is -0.350 e. The van der Waals surface area contributed by atoms with Crippen LogP contribution in [-0.2, 0) is 0 Å². The van der Waals surface area contributed by atoms with Crippen molar-refractivity contribution in [3.05, 3.63) is 4.91 Å². The van der Waals surface area contributed by atoms with Crippen LogP contribution in [-0.4, -0.2) is 22.9 Å². The molecule has 0 aliphatic carbocycles. The van der Waals surface area contributed by atoms with Gasteiger partial charge in [-0.25, -0.2) is 10.2 Å². The number of rotatable bonds is 7. The van der Waals surface area contributed by atoms with Gasteiger partial charge < -0.3 is 5.73 Å². The quantitative estimate of drug-likeness (QED) is 0.278. The fraction of sp³-hybridized carbons (Fsp3) is 0.727. The Morgan fingerprint density at radius 1 is 1.53 bits per heavy atom. The van der Waals surface area contributed by atoms with Crippen LogP contribution < -0.4 is 17.0 Å². The van der Waals surface area contributed by atoms with Gasteiger partial charge in [-0.05, 0) is 25.7 Å². The summed E-state index contributed by atoms with van der Waals surface area (Å²) in [6.07, 6.45) is 2.93. The summed E-state index contributed by atoms with van der Waals surface area (Å²) >= 11 is 0. The van der Waals surface area contributed by atoms with Gasteiger partial charge in [-0.3, -0.25) is 0 Å². The number of nitroso groups, excluding NO2 is 1. The minimum atomic E-state index is -0.687. The van der Waals surface area contributed by atoms with Gasteiger partial charge in [0, 0.05) is 11.1 Å². The number of hydrazone groups is 2. The van der Waals surface area contributed by atoms with Gasteiger partial charge in [0.2, 0.25) is 0 Å². The number of hydrogen-bond donors (Lipinski definition) is 3. The van der Waals surface area contributed by atoms with E-state index in [2.05, 4.69) is 22.6 Å². The van der Waals surface area contributed by atoms with Gasteiger partial charge in [-0.1, -0.05) is 20.8 Å². The average Bonchev–Trinajstić information content (AvgIpc) is 2.30. The van der Waals surface area contributed by atoms with E-state index in [-0.39, 0.29) is 16.3 Å². The number of carbonyl (C=O) groups excluding carboxylic acids is 1. The lowest BCUT2D eigenvalue weighted by molar-refractivity contribution is -0.565. The van der Waals surface area contributed by atoms with E-state index in [1.807, 2.05) is 20.8 Å². The van der Waals surface area contributed by atoms with Crippen molar-refractivity contribution in [3.63, 3.8) is 0 Å². The zero-order chi connectivity index (χ0) is 15.1. The van der Waals surface area contributed by atoms with Gasteiger partial charge in [-0.15, -0.1) is 5.84 Å². The Hall–Kier alpha value is -1.99. The van der Waals surface area contributed by atoms with Crippen LogP contribution in [0.15, 0.2) is 10.2 Å². The van der Waals surface area contributed by atoms with E-state index in [0.717, 1.165) is 12.1 Å². The number of nitrogens with one attached hydrogen (secondary N) is 1. The van der Waals surface area contributed by atoms with E-state index in [1.165, 1.54) is 6.21 Å². The Balaban J connectivity index is 4.49. The normalized spacial score (nSPS) is 14.4. The summed E-state index contributed by atoms with van der Waals surface area (Å²) in [6, 6.07) is -0.687. The molecular weight excluding hydrogens is 248 g/mol. The van der Waals surface area contributed by atoms with E-state index in [4.69, 9.17) is 11.6 Å². The van der Waals surface area contributed by atoms with Gasteiger partial charge in [-0.2, -0.15) is 5.10 Å². The molecule has 8 heteroatoms. The van der Waals surface area contributed by atoms with Crippen molar-refractivity contribution in [2.45, 2.75) is 40.5 Å². The first-order valence-corrected chi connectivity index (χ1v) is 6.02. The van der Waals surface area contributed by atoms with E-state index in [9.17, 15) is 9.70 Å². The van der Waals surface area contributed by atoms with Crippen molar-refractivity contribution in [3.8, 4) is 0 Å². The molecule has 0 fully saturated rings. The summed E-state index contributed by atoms with van der Waals surface area (Å²) in [7, 11) is 0. The first-order chi connectivity index (χ1) is 8.67. The maximum Gasteiger partial charge on any atom is 0.332 e. The summed E-state index contributed by atoms with van der Waals surface area (Å²) in [4.78, 5) is 21.0. The lowest BCUT2D eigenvalue weighted by Crippen LogP contribution is -2.33. The molecule has 0 aromatic rings. The smallest absolute Gasteiger partial charge is 0.332 e. The number of hydrazine groups is 1. The standard InChI is InChI=1S/C11H22N6O2/c1-8(6-5-7-14-17(13)19)11(3,4)9(2)15-16-10(12)18/h7-8H,5-6H2,1-4H3,(H4-,12,13,16,18,19)/p+1/b14-7?,15-9-/t8-/m0/s1. The molecule has 0 saturated carbocycles. The Morgan fingerprint density at radius 3 is 2.58 bits per heavy atom. The van der Waals surface area contributed by atoms with Crippen molar-refractivity contribution >= 4 is 18.0 Å². The number of nitrogens with zero attached hydrogens (tertiary/aromatic N) is 3. The molecule has 108 valence electrons. The van der Waals surface area contributed by atoms with Crippen molar-refractivity contribution in [1.29, 1.82) is 0 Å². The Bertz CT molecular complexity index is 389. The lowest BCUT2D eigenvalue weighted by Gasteiger charge is -2.31. The summed E-state index contributed by atoms with van der Waals surface area (Å²) in [6.45, 7) is 7.95. The zero-order valence-electron chi connectivity index (χ0n) is 11.9. The van der Waals surface area contributed by atoms with Crippen molar-refractivity contribution in [2.24, 2.45) is 33.1 Å². The zero-order valence-corrected chi connectivity index (χ0v) is 11.9. The summed E-state index contributed by atoms with van der Waals surface area (Å²) in [5.74, 6) is 5.09. The molecule has 0 unspecified atom stereocenters. The van der Waals surface area contributed by atoms with Crippen molar-refractivity contribution in [2.75, 3.05) is 0 Å². The molecule has 0 aliphatic rings. The molecule has 0 spiro atoms. The number of hydrogen-bond acceptors (Lipinski definition) is 3. The summed E-state index contributed by atoms with van der Waals surface area (Å²) in [5, 5.41) is 7.36. The van der Waals surface area contributed by atoms with Crippen LogP contribution in [0.1, 0.15) is 40.5 Å². The van der Waals surface area contributed by atoms with Crippen molar-refractivity contribution in [1.82, 2.24) is 5.43 Å². The Morgan fingerprint density at radius 2 is 2.11 bits per heavy atom. The molecule has 0 saturated heterocycles. The predicted molar refractivity (Wildman–Crippen MR) is 74.3 cm³/mol. The fourth-order valence-electron chi connectivity index (χ4n) is 1.46. The lowest BCUT2D eigenvalue weighted by atomic mass is 9.74. The highest BCUT2D eigenvalue weighted by Crippen LogP contribution is 2.31. The third kappa shape index (κ3) is 6.49. The predicted octanol–water partition coefficient (Wildman–Crippen LogP) is 1.11. The molecule has 0 heterocycles. The van der Waals surface area contributed by atoms with E-state index in [1.54, 1.807) is 0 Å². The van der Waals surface area contributed by atoms with Crippen LogP contribution >= 0.6 is 0 Å². The van der Waals surface area contributed by atoms with Crippen molar-refractivity contribution < 1.29 is 9.77 Å². The van der Waals surface area contributed by atoms with E-state index in [0.29, 0.717) is 6.42 Å². The van der Waals surface area contributed by atoms with Crippen LogP contribution in [0, 0.1) is 16.2 Å². The van der Waals surface area contributed by atoms with Gasteiger partial charge >= 0.3 is 6.03 Å². The van der Waals surface area contributed by atoms with Crippen LogP contribution in [0.2, 0.25) is 0 Å². The molecule has 0 bridgehead atoms. The highest BCUT2D eigenvalue weighted by atomic mass is 16.3. The van der Waals surface area contributed by atoms with Crippen LogP contribution in [0.5, 0.6) is 0 Å². The third-order valence-corrected chi connectivity index (χ3v) is 3.42. The van der Waals surface area contributed by atoms with Gasteiger partial charge in [0.25, 0.3) is 4.98 Å². The van der Waals surface area contributed by atoms with Gasteiger partial charge in [0.05, 0.1) is 16.2 Å². The molecule has 0 rings (SSSR count). The Labute approximate surface area is 112 Å². The fourth-order valence-corrected chi connectivity index (χ4v) is 1.46. The summed E-state index contributed by atoms with van der Waals surface area (Å²) < 4.78 is 0. The van der Waals surface area contributed by atoms with Crippen LogP contribution in [0.3, 0.4) is 0 Å². The third-order valence-electron chi connectivity index (χ3n) is 3.42. The van der Waals surface area contributed by atoms with Gasteiger partial charge in [0.15, 0.2) is 0 Å². The van der Waals surface area contributed by atoms with Crippen LogP contribution in [0.4, 0.5) is 4.79 Å². The molecule has 19 heavy (non-hydrogen) atoms. The maximum atomic E-state index is 10.6. The molecule has 5 N–H and O–H groups in total. The topological polar surface area (TPSA) is 126 Å². The highest BCUT2D eigenvalue weighted by molar-refractivity contribution is 5.88. The number of primary amides is 1. The molecule has 2 amide bonds. The number of nitrogens with two attached hydrogens (primary N) is 2. The summed E-state index contributed by atoms with van der Waals surface area (Å²) in [5.41, 5.74) is 7.76. The minimum absolute atomic E-state index is 0.0271. The second kappa shape index (κ2) is 7.45. The second-order valence-corrected chi connectivity index (χ2v) is 4.97. The molecule has 8 nitrogen and oxygen atoms in total. The van der Waals surface area contributed by atoms with E-state index < -0.39 is 6.03 Å². The monoisotopic (exact) mass is 271 g/mol. The first-order valence-electron chi connectivity index (χ1n) is 6.02. The highest BCUT2D eigenvalue weighted by Gasteiger charge is 2.28. The second-order valence-electron chi connectivity index (χ2n) is 4.97. The molecular formula is C11H23N6O2+. The SMILES string of the molecule is C/C(=N/NC(N)=O)C(C)(C)[C@@H](C)CCC=N[N+](N)=O. The number of amides is 2. The Kier molecular flexibility index (Phi) is 6.67. The molecule has 1 atom stereocenters. The number of urea groups is 1. The molecule has 0 aromatic carbocycles. The molecule has 0 radical (unpaired) electrons.